The van der Waals surface area contributed by atoms with Crippen molar-refractivity contribution in [2.24, 2.45) is 0 Å². The molecule has 0 saturated carbocycles. The molecule has 1 heterocycles. The molecular formula is C17H33N3S. The lowest BCUT2D eigenvalue weighted by Crippen LogP contribution is -2.33. The zero-order chi connectivity index (χ0) is 16.0. The molecule has 1 unspecified atom stereocenters. The molecule has 1 N–H and O–H groups in total. The Kier molecular flexibility index (Phi) is 7.14. The molecule has 0 aromatic carbocycles. The van der Waals surface area contributed by atoms with Crippen molar-refractivity contribution in [1.29, 1.82) is 0 Å². The summed E-state index contributed by atoms with van der Waals surface area (Å²) in [6, 6.07) is 0.554. The van der Waals surface area contributed by atoms with Crippen molar-refractivity contribution in [2.75, 3.05) is 18.5 Å². The molecule has 3 nitrogen and oxygen atoms in total. The standard InChI is InChI=1S/C17H33N3S/c1-8-10-11-20(13(3)9-2)16-19-15(17(4,5)6)14(21-16)12-18-7/h13,18H,8-12H2,1-7H3. The third-order valence-electron chi connectivity index (χ3n) is 3.85. The SMILES string of the molecule is CCCCN(c1nc(C(C)(C)C)c(CNC)s1)C(C)CC. The number of hydrogen-bond donors (Lipinski definition) is 1. The van der Waals surface area contributed by atoms with E-state index in [0.29, 0.717) is 6.04 Å². The molecule has 0 bridgehead atoms. The van der Waals surface area contributed by atoms with Crippen LogP contribution in [0.3, 0.4) is 0 Å². The zero-order valence-electron chi connectivity index (χ0n) is 14.9. The van der Waals surface area contributed by atoms with Crippen LogP contribution in [0.25, 0.3) is 0 Å². The van der Waals surface area contributed by atoms with E-state index in [4.69, 9.17) is 4.98 Å². The second-order valence-electron chi connectivity index (χ2n) is 6.85. The molecule has 0 aliphatic carbocycles. The van der Waals surface area contributed by atoms with Gasteiger partial charge in [0.25, 0.3) is 0 Å². The highest BCUT2D eigenvalue weighted by molar-refractivity contribution is 7.15. The number of aromatic nitrogens is 1. The molecule has 0 amide bonds. The molecule has 0 saturated heterocycles. The normalized spacial score (nSPS) is 13.5. The van der Waals surface area contributed by atoms with Crippen LogP contribution in [0, 0.1) is 0 Å². The van der Waals surface area contributed by atoms with Crippen LogP contribution in [0.1, 0.15) is 71.4 Å². The number of unbranched alkanes of at least 4 members (excludes halogenated alkanes) is 1. The predicted octanol–water partition coefficient (Wildman–Crippen LogP) is 4.57. The van der Waals surface area contributed by atoms with Gasteiger partial charge in [0.15, 0.2) is 5.13 Å². The summed E-state index contributed by atoms with van der Waals surface area (Å²) in [7, 11) is 2.01. The summed E-state index contributed by atoms with van der Waals surface area (Å²) < 4.78 is 0. The largest absolute Gasteiger partial charge is 0.345 e. The first-order valence-electron chi connectivity index (χ1n) is 8.26. The molecule has 1 rings (SSSR count). The van der Waals surface area contributed by atoms with Gasteiger partial charge in [-0.25, -0.2) is 4.98 Å². The molecule has 0 aliphatic heterocycles. The molecule has 4 heteroatoms. The molecule has 122 valence electrons. The Morgan fingerprint density at radius 3 is 2.43 bits per heavy atom. The number of nitrogens with one attached hydrogen (secondary N) is 1. The maximum atomic E-state index is 5.03. The Hall–Kier alpha value is -0.610. The van der Waals surface area contributed by atoms with E-state index in [1.54, 1.807) is 0 Å². The summed E-state index contributed by atoms with van der Waals surface area (Å²) in [5.74, 6) is 0. The molecule has 0 fully saturated rings. The zero-order valence-corrected chi connectivity index (χ0v) is 15.7. The monoisotopic (exact) mass is 311 g/mol. The van der Waals surface area contributed by atoms with Crippen LogP contribution in [0.15, 0.2) is 0 Å². The van der Waals surface area contributed by atoms with Gasteiger partial charge in [0.2, 0.25) is 0 Å². The average Bonchev–Trinajstić information content (AvgIpc) is 2.83. The Bertz CT molecular complexity index is 420. The second kappa shape index (κ2) is 8.14. The number of nitrogens with zero attached hydrogens (tertiary/aromatic N) is 2. The highest BCUT2D eigenvalue weighted by Crippen LogP contribution is 2.35. The van der Waals surface area contributed by atoms with E-state index in [2.05, 4.69) is 51.8 Å². The van der Waals surface area contributed by atoms with E-state index >= 15 is 0 Å². The van der Waals surface area contributed by atoms with Gasteiger partial charge in [0.05, 0.1) is 5.69 Å². The fourth-order valence-electron chi connectivity index (χ4n) is 2.38. The van der Waals surface area contributed by atoms with E-state index in [0.717, 1.165) is 19.5 Å². The van der Waals surface area contributed by atoms with E-state index < -0.39 is 0 Å². The first-order chi connectivity index (χ1) is 9.85. The van der Waals surface area contributed by atoms with Gasteiger partial charge in [-0.15, -0.1) is 11.3 Å². The van der Waals surface area contributed by atoms with Crippen LogP contribution in [0.2, 0.25) is 0 Å². The van der Waals surface area contributed by atoms with Gasteiger partial charge < -0.3 is 10.2 Å². The molecule has 1 aromatic rings. The quantitative estimate of drug-likeness (QED) is 0.762. The van der Waals surface area contributed by atoms with Crippen LogP contribution < -0.4 is 10.2 Å². The maximum absolute atomic E-state index is 5.03. The molecule has 1 atom stereocenters. The topological polar surface area (TPSA) is 28.2 Å². The summed E-state index contributed by atoms with van der Waals surface area (Å²) in [6.45, 7) is 15.6. The summed E-state index contributed by atoms with van der Waals surface area (Å²) in [4.78, 5) is 8.91. The summed E-state index contributed by atoms with van der Waals surface area (Å²) >= 11 is 1.87. The smallest absolute Gasteiger partial charge is 0.186 e. The van der Waals surface area contributed by atoms with Gasteiger partial charge in [-0.3, -0.25) is 0 Å². The lowest BCUT2D eigenvalue weighted by atomic mass is 9.91. The van der Waals surface area contributed by atoms with Crippen molar-refractivity contribution >= 4 is 16.5 Å². The van der Waals surface area contributed by atoms with Crippen molar-refractivity contribution < 1.29 is 0 Å². The second-order valence-corrected chi connectivity index (χ2v) is 7.91. The third-order valence-corrected chi connectivity index (χ3v) is 4.95. The molecule has 0 radical (unpaired) electrons. The summed E-state index contributed by atoms with van der Waals surface area (Å²) in [5, 5.41) is 4.49. The van der Waals surface area contributed by atoms with Crippen molar-refractivity contribution in [3.8, 4) is 0 Å². The van der Waals surface area contributed by atoms with Gasteiger partial charge in [-0.05, 0) is 26.8 Å². The van der Waals surface area contributed by atoms with Crippen LogP contribution >= 0.6 is 11.3 Å². The Morgan fingerprint density at radius 1 is 1.29 bits per heavy atom. The average molecular weight is 312 g/mol. The fourth-order valence-corrected chi connectivity index (χ4v) is 3.79. The van der Waals surface area contributed by atoms with Crippen molar-refractivity contribution in [3.05, 3.63) is 10.6 Å². The van der Waals surface area contributed by atoms with Crippen molar-refractivity contribution in [2.45, 2.75) is 78.8 Å². The van der Waals surface area contributed by atoms with E-state index in [-0.39, 0.29) is 5.41 Å². The van der Waals surface area contributed by atoms with Gasteiger partial charge in [-0.2, -0.15) is 0 Å². The highest BCUT2D eigenvalue weighted by atomic mass is 32.1. The lowest BCUT2D eigenvalue weighted by molar-refractivity contribution is 0.556. The van der Waals surface area contributed by atoms with Crippen LogP contribution in [0.5, 0.6) is 0 Å². The van der Waals surface area contributed by atoms with Gasteiger partial charge in [-0.1, -0.05) is 41.0 Å². The summed E-state index contributed by atoms with van der Waals surface area (Å²) in [5.41, 5.74) is 1.36. The Balaban J connectivity index is 3.13. The maximum Gasteiger partial charge on any atom is 0.186 e. The number of rotatable bonds is 8. The molecule has 1 aromatic heterocycles. The Morgan fingerprint density at radius 2 is 1.95 bits per heavy atom. The molecular weight excluding hydrogens is 278 g/mol. The number of hydrogen-bond acceptors (Lipinski definition) is 4. The first kappa shape index (κ1) is 18.4. The van der Waals surface area contributed by atoms with E-state index in [1.807, 2.05) is 18.4 Å². The molecule has 21 heavy (non-hydrogen) atoms. The fraction of sp³-hybridized carbons (Fsp3) is 0.824. The minimum absolute atomic E-state index is 0.104. The Labute approximate surface area is 135 Å². The van der Waals surface area contributed by atoms with Crippen molar-refractivity contribution in [1.82, 2.24) is 10.3 Å². The minimum atomic E-state index is 0.104. The third kappa shape index (κ3) is 4.96. The predicted molar refractivity (Wildman–Crippen MR) is 95.6 cm³/mol. The molecule has 0 aliphatic rings. The van der Waals surface area contributed by atoms with Crippen LogP contribution in [0.4, 0.5) is 5.13 Å². The number of thiazole rings is 1. The van der Waals surface area contributed by atoms with Gasteiger partial charge >= 0.3 is 0 Å². The van der Waals surface area contributed by atoms with Crippen molar-refractivity contribution in [3.63, 3.8) is 0 Å². The minimum Gasteiger partial charge on any atom is -0.345 e. The van der Waals surface area contributed by atoms with Crippen LogP contribution in [-0.2, 0) is 12.0 Å². The first-order valence-corrected chi connectivity index (χ1v) is 9.08. The van der Waals surface area contributed by atoms with Gasteiger partial charge in [0.1, 0.15) is 0 Å². The highest BCUT2D eigenvalue weighted by Gasteiger charge is 2.25. The molecule has 0 spiro atoms. The van der Waals surface area contributed by atoms with Gasteiger partial charge in [0, 0.05) is 29.4 Å². The number of anilines is 1. The van der Waals surface area contributed by atoms with Crippen LogP contribution in [-0.4, -0.2) is 24.6 Å². The lowest BCUT2D eigenvalue weighted by Gasteiger charge is -2.28. The van der Waals surface area contributed by atoms with E-state index in [9.17, 15) is 0 Å². The summed E-state index contributed by atoms with van der Waals surface area (Å²) in [6.07, 6.45) is 3.62. The van der Waals surface area contributed by atoms with E-state index in [1.165, 1.54) is 28.5 Å².